The highest BCUT2D eigenvalue weighted by molar-refractivity contribution is 6.32. The third-order valence-electron chi connectivity index (χ3n) is 3.82. The third-order valence-corrected chi connectivity index (χ3v) is 4.12. The molecule has 1 aromatic carbocycles. The molecule has 1 amide bonds. The number of hydrogen-bond acceptors (Lipinski definition) is 3. The maximum atomic E-state index is 12.0. The molecule has 1 aliphatic rings. The standard InChI is InChI=1S/C15H20ClNO3/c1-3-15(19)9-17(10-15)14(18)7-5-11-4-6-13(20-2)12(16)8-11/h4,6,8,19H,3,5,7,9-10H2,1-2H3. The molecule has 1 aromatic rings. The van der Waals surface area contributed by atoms with Crippen LogP contribution in [0.5, 0.6) is 5.75 Å². The summed E-state index contributed by atoms with van der Waals surface area (Å²) in [6, 6.07) is 5.55. The molecule has 1 heterocycles. The fourth-order valence-electron chi connectivity index (χ4n) is 2.34. The van der Waals surface area contributed by atoms with E-state index < -0.39 is 5.60 Å². The van der Waals surface area contributed by atoms with Gasteiger partial charge < -0.3 is 14.7 Å². The van der Waals surface area contributed by atoms with Crippen molar-refractivity contribution in [3.63, 3.8) is 0 Å². The number of ether oxygens (including phenoxy) is 1. The van der Waals surface area contributed by atoms with Gasteiger partial charge in [0.2, 0.25) is 5.91 Å². The summed E-state index contributed by atoms with van der Waals surface area (Å²) in [6.45, 7) is 2.83. The zero-order valence-electron chi connectivity index (χ0n) is 11.9. The van der Waals surface area contributed by atoms with Crippen molar-refractivity contribution >= 4 is 17.5 Å². The first-order chi connectivity index (χ1) is 9.47. The monoisotopic (exact) mass is 297 g/mol. The van der Waals surface area contributed by atoms with E-state index in [0.717, 1.165) is 5.56 Å². The number of amides is 1. The Morgan fingerprint density at radius 3 is 2.75 bits per heavy atom. The van der Waals surface area contributed by atoms with Gasteiger partial charge in [0.15, 0.2) is 0 Å². The van der Waals surface area contributed by atoms with Gasteiger partial charge in [0.05, 0.1) is 30.8 Å². The Morgan fingerprint density at radius 1 is 1.50 bits per heavy atom. The molecule has 1 N–H and O–H groups in total. The number of rotatable bonds is 5. The molecule has 0 aromatic heterocycles. The molecule has 0 spiro atoms. The van der Waals surface area contributed by atoms with Gasteiger partial charge in [-0.2, -0.15) is 0 Å². The normalized spacial score (nSPS) is 16.7. The first kappa shape index (κ1) is 15.1. The van der Waals surface area contributed by atoms with Crippen LogP contribution < -0.4 is 4.74 Å². The van der Waals surface area contributed by atoms with Crippen LogP contribution in [0.3, 0.4) is 0 Å². The highest BCUT2D eigenvalue weighted by Gasteiger charge is 2.41. The lowest BCUT2D eigenvalue weighted by Gasteiger charge is -2.46. The van der Waals surface area contributed by atoms with Crippen molar-refractivity contribution in [2.45, 2.75) is 31.8 Å². The first-order valence-electron chi connectivity index (χ1n) is 6.80. The zero-order valence-corrected chi connectivity index (χ0v) is 12.6. The van der Waals surface area contributed by atoms with Crippen molar-refractivity contribution < 1.29 is 14.6 Å². The van der Waals surface area contributed by atoms with Crippen LogP contribution in [0.25, 0.3) is 0 Å². The van der Waals surface area contributed by atoms with Crippen LogP contribution in [-0.2, 0) is 11.2 Å². The Hall–Kier alpha value is -1.26. The third kappa shape index (κ3) is 3.25. The number of aryl methyl sites for hydroxylation is 1. The fraction of sp³-hybridized carbons (Fsp3) is 0.533. The van der Waals surface area contributed by atoms with Crippen LogP contribution in [-0.4, -0.2) is 41.7 Å². The van der Waals surface area contributed by atoms with E-state index in [1.807, 2.05) is 25.1 Å². The molecule has 2 rings (SSSR count). The summed E-state index contributed by atoms with van der Waals surface area (Å²) in [6.07, 6.45) is 1.76. The molecule has 1 saturated heterocycles. The molecule has 1 aliphatic heterocycles. The van der Waals surface area contributed by atoms with E-state index >= 15 is 0 Å². The molecule has 0 bridgehead atoms. The maximum Gasteiger partial charge on any atom is 0.223 e. The molecule has 5 heteroatoms. The molecule has 0 aliphatic carbocycles. The lowest BCUT2D eigenvalue weighted by Crippen LogP contribution is -2.63. The van der Waals surface area contributed by atoms with Crippen LogP contribution in [0.4, 0.5) is 0 Å². The van der Waals surface area contributed by atoms with E-state index in [2.05, 4.69) is 0 Å². The van der Waals surface area contributed by atoms with Crippen LogP contribution in [0.1, 0.15) is 25.3 Å². The van der Waals surface area contributed by atoms with Crippen LogP contribution in [0, 0.1) is 0 Å². The number of nitrogens with zero attached hydrogens (tertiary/aromatic N) is 1. The van der Waals surface area contributed by atoms with E-state index in [1.54, 1.807) is 12.0 Å². The highest BCUT2D eigenvalue weighted by Crippen LogP contribution is 2.27. The Morgan fingerprint density at radius 2 is 2.20 bits per heavy atom. The summed E-state index contributed by atoms with van der Waals surface area (Å²) >= 11 is 6.05. The summed E-state index contributed by atoms with van der Waals surface area (Å²) in [5.74, 6) is 0.715. The van der Waals surface area contributed by atoms with Crippen molar-refractivity contribution in [1.82, 2.24) is 4.90 Å². The number of benzene rings is 1. The molecule has 110 valence electrons. The van der Waals surface area contributed by atoms with Crippen molar-refractivity contribution in [2.75, 3.05) is 20.2 Å². The zero-order chi connectivity index (χ0) is 14.8. The second kappa shape index (κ2) is 6.02. The van der Waals surface area contributed by atoms with Crippen LogP contribution in [0.15, 0.2) is 18.2 Å². The van der Waals surface area contributed by atoms with Gasteiger partial charge in [-0.05, 0) is 30.5 Å². The summed E-state index contributed by atoms with van der Waals surface area (Å²) < 4.78 is 5.09. The van der Waals surface area contributed by atoms with Crippen molar-refractivity contribution in [3.8, 4) is 5.75 Å². The van der Waals surface area contributed by atoms with Gasteiger partial charge in [-0.1, -0.05) is 24.6 Å². The van der Waals surface area contributed by atoms with E-state index in [4.69, 9.17) is 16.3 Å². The molecule has 4 nitrogen and oxygen atoms in total. The van der Waals surface area contributed by atoms with E-state index in [1.165, 1.54) is 0 Å². The van der Waals surface area contributed by atoms with Gasteiger partial charge in [0.25, 0.3) is 0 Å². The van der Waals surface area contributed by atoms with Gasteiger partial charge in [-0.3, -0.25) is 4.79 Å². The number of carbonyl (C=O) groups is 1. The fourth-order valence-corrected chi connectivity index (χ4v) is 2.62. The minimum absolute atomic E-state index is 0.0788. The summed E-state index contributed by atoms with van der Waals surface area (Å²) in [5, 5.41) is 10.4. The Labute approximate surface area is 124 Å². The Kier molecular flexibility index (Phi) is 4.55. The number of carbonyl (C=O) groups excluding carboxylic acids is 1. The predicted molar refractivity (Wildman–Crippen MR) is 78.1 cm³/mol. The Balaban J connectivity index is 1.84. The van der Waals surface area contributed by atoms with Crippen molar-refractivity contribution in [1.29, 1.82) is 0 Å². The smallest absolute Gasteiger partial charge is 0.223 e. The van der Waals surface area contributed by atoms with E-state index in [-0.39, 0.29) is 5.91 Å². The number of hydrogen-bond donors (Lipinski definition) is 1. The van der Waals surface area contributed by atoms with Crippen molar-refractivity contribution in [3.05, 3.63) is 28.8 Å². The molecular formula is C15H20ClNO3. The molecule has 0 saturated carbocycles. The van der Waals surface area contributed by atoms with Gasteiger partial charge in [-0.15, -0.1) is 0 Å². The quantitative estimate of drug-likeness (QED) is 0.907. The van der Waals surface area contributed by atoms with Gasteiger partial charge in [-0.25, -0.2) is 0 Å². The van der Waals surface area contributed by atoms with Gasteiger partial charge in [0.1, 0.15) is 5.75 Å². The van der Waals surface area contributed by atoms with Crippen LogP contribution >= 0.6 is 11.6 Å². The summed E-state index contributed by atoms with van der Waals surface area (Å²) in [4.78, 5) is 13.7. The molecule has 0 radical (unpaired) electrons. The predicted octanol–water partition coefficient (Wildman–Crippen LogP) is 2.26. The van der Waals surface area contributed by atoms with E-state index in [9.17, 15) is 9.90 Å². The number of β-amino-alcohol motifs (C(OH)–C–C–N with tert-alkyl or cyclic N) is 1. The summed E-state index contributed by atoms with van der Waals surface area (Å²) in [5.41, 5.74) is 0.342. The lowest BCUT2D eigenvalue weighted by atomic mass is 9.91. The molecule has 0 atom stereocenters. The van der Waals surface area contributed by atoms with Gasteiger partial charge in [0, 0.05) is 6.42 Å². The average Bonchev–Trinajstić information content (AvgIpc) is 2.41. The number of likely N-dealkylation sites (tertiary alicyclic amines) is 1. The minimum atomic E-state index is -0.668. The van der Waals surface area contributed by atoms with Crippen molar-refractivity contribution in [2.24, 2.45) is 0 Å². The molecule has 1 fully saturated rings. The largest absolute Gasteiger partial charge is 0.495 e. The number of halogens is 1. The highest BCUT2D eigenvalue weighted by atomic mass is 35.5. The minimum Gasteiger partial charge on any atom is -0.495 e. The second-order valence-electron chi connectivity index (χ2n) is 5.30. The lowest BCUT2D eigenvalue weighted by molar-refractivity contribution is -0.155. The second-order valence-corrected chi connectivity index (χ2v) is 5.70. The summed E-state index contributed by atoms with van der Waals surface area (Å²) in [7, 11) is 1.57. The van der Waals surface area contributed by atoms with Gasteiger partial charge >= 0.3 is 0 Å². The van der Waals surface area contributed by atoms with Crippen LogP contribution in [0.2, 0.25) is 5.02 Å². The molecular weight excluding hydrogens is 278 g/mol. The Bertz CT molecular complexity index is 498. The SMILES string of the molecule is CCC1(O)CN(C(=O)CCc2ccc(OC)c(Cl)c2)C1. The molecule has 0 unspecified atom stereocenters. The maximum absolute atomic E-state index is 12.0. The number of methoxy groups -OCH3 is 1. The molecule has 20 heavy (non-hydrogen) atoms. The van der Waals surface area contributed by atoms with E-state index in [0.29, 0.717) is 43.1 Å². The first-order valence-corrected chi connectivity index (χ1v) is 7.18. The number of aliphatic hydroxyl groups is 1. The average molecular weight is 298 g/mol. The topological polar surface area (TPSA) is 49.8 Å².